The Bertz CT molecular complexity index is 610. The Kier molecular flexibility index (Phi) is 5.37. The molecule has 0 heterocycles. The van der Waals surface area contributed by atoms with Gasteiger partial charge in [0, 0.05) is 17.6 Å². The molecule has 0 fully saturated rings. The van der Waals surface area contributed by atoms with Crippen LogP contribution in [0.4, 0.5) is 0 Å². The van der Waals surface area contributed by atoms with Gasteiger partial charge in [0.25, 0.3) is 0 Å². The van der Waals surface area contributed by atoms with E-state index >= 15 is 0 Å². The molecule has 0 aliphatic rings. The van der Waals surface area contributed by atoms with Crippen molar-refractivity contribution in [1.82, 2.24) is 5.32 Å². The molecule has 4 heteroatoms. The topological polar surface area (TPSA) is 38.3 Å². The van der Waals surface area contributed by atoms with Crippen LogP contribution in [0, 0.1) is 0 Å². The monoisotopic (exact) mass is 303 g/mol. The average molecular weight is 304 g/mol. The van der Waals surface area contributed by atoms with E-state index in [9.17, 15) is 4.79 Å². The number of carbonyl (C=O) groups excluding carboxylic acids is 1. The molecule has 1 atom stereocenters. The number of carbonyl (C=O) groups is 1. The quantitative estimate of drug-likeness (QED) is 0.849. The summed E-state index contributed by atoms with van der Waals surface area (Å²) in [5, 5.41) is 4.17. The van der Waals surface area contributed by atoms with Gasteiger partial charge in [0.15, 0.2) is 0 Å². The van der Waals surface area contributed by atoms with Gasteiger partial charge in [0.1, 0.15) is 0 Å². The maximum Gasteiger partial charge on any atom is 0.337 e. The molecule has 0 amide bonds. The first kappa shape index (κ1) is 15.5. The Hall–Kier alpha value is -1.84. The summed E-state index contributed by atoms with van der Waals surface area (Å²) in [5.74, 6) is -0.318. The number of hydrogen-bond donors (Lipinski definition) is 1. The van der Waals surface area contributed by atoms with Crippen LogP contribution in [0.5, 0.6) is 0 Å². The molecule has 0 unspecified atom stereocenters. The minimum Gasteiger partial charge on any atom is -0.465 e. The number of hydrogen-bond acceptors (Lipinski definition) is 3. The third-order valence-electron chi connectivity index (χ3n) is 3.34. The highest BCUT2D eigenvalue weighted by Gasteiger charge is 2.07. The maximum absolute atomic E-state index is 11.4. The van der Waals surface area contributed by atoms with Crippen molar-refractivity contribution in [3.63, 3.8) is 0 Å². The Labute approximate surface area is 129 Å². The lowest BCUT2D eigenvalue weighted by Gasteiger charge is -2.14. The van der Waals surface area contributed by atoms with E-state index in [-0.39, 0.29) is 12.0 Å². The number of halogens is 1. The summed E-state index contributed by atoms with van der Waals surface area (Å²) in [6.45, 7) is 2.81. The molecule has 0 aliphatic heterocycles. The van der Waals surface area contributed by atoms with Gasteiger partial charge in [0.05, 0.1) is 12.7 Å². The average Bonchev–Trinajstić information content (AvgIpc) is 2.52. The van der Waals surface area contributed by atoms with E-state index < -0.39 is 0 Å². The van der Waals surface area contributed by atoms with Gasteiger partial charge in [-0.3, -0.25) is 0 Å². The Morgan fingerprint density at radius 1 is 1.24 bits per heavy atom. The van der Waals surface area contributed by atoms with E-state index in [2.05, 4.69) is 17.0 Å². The highest BCUT2D eigenvalue weighted by molar-refractivity contribution is 6.30. The van der Waals surface area contributed by atoms with Gasteiger partial charge < -0.3 is 10.1 Å². The number of rotatable bonds is 5. The lowest BCUT2D eigenvalue weighted by Crippen LogP contribution is -2.18. The molecule has 0 aromatic heterocycles. The number of ether oxygens (including phenoxy) is 1. The summed E-state index contributed by atoms with van der Waals surface area (Å²) >= 11 is 6.00. The molecule has 0 radical (unpaired) electrons. The molecule has 0 saturated heterocycles. The van der Waals surface area contributed by atoms with Gasteiger partial charge in [0.2, 0.25) is 0 Å². The predicted molar refractivity (Wildman–Crippen MR) is 84.5 cm³/mol. The fourth-order valence-corrected chi connectivity index (χ4v) is 2.24. The predicted octanol–water partition coefficient (Wildman–Crippen LogP) is 3.98. The number of methoxy groups -OCH3 is 1. The van der Waals surface area contributed by atoms with Crippen molar-refractivity contribution in [2.24, 2.45) is 0 Å². The minimum absolute atomic E-state index is 0.198. The van der Waals surface area contributed by atoms with Crippen LogP contribution in [0.15, 0.2) is 48.5 Å². The smallest absolute Gasteiger partial charge is 0.337 e. The van der Waals surface area contributed by atoms with Crippen LogP contribution >= 0.6 is 11.6 Å². The van der Waals surface area contributed by atoms with Gasteiger partial charge in [-0.2, -0.15) is 0 Å². The van der Waals surface area contributed by atoms with Crippen molar-refractivity contribution >= 4 is 17.6 Å². The van der Waals surface area contributed by atoms with Crippen molar-refractivity contribution in [3.05, 3.63) is 70.2 Å². The first-order valence-corrected chi connectivity index (χ1v) is 7.14. The molecule has 0 saturated carbocycles. The lowest BCUT2D eigenvalue weighted by molar-refractivity contribution is 0.0600. The largest absolute Gasteiger partial charge is 0.465 e. The van der Waals surface area contributed by atoms with Crippen LogP contribution in [0.3, 0.4) is 0 Å². The maximum atomic E-state index is 11.4. The summed E-state index contributed by atoms with van der Waals surface area (Å²) in [5.41, 5.74) is 2.81. The normalized spacial score (nSPS) is 12.0. The first-order valence-electron chi connectivity index (χ1n) is 6.76. The number of nitrogens with one attached hydrogen (secondary N) is 1. The third-order valence-corrected chi connectivity index (χ3v) is 3.57. The molecule has 110 valence electrons. The second-order valence-corrected chi connectivity index (χ2v) is 5.28. The highest BCUT2D eigenvalue weighted by Crippen LogP contribution is 2.18. The Morgan fingerprint density at radius 3 is 2.57 bits per heavy atom. The Balaban J connectivity index is 1.95. The van der Waals surface area contributed by atoms with Crippen LogP contribution in [-0.4, -0.2) is 13.1 Å². The third kappa shape index (κ3) is 4.31. The molecular formula is C17H18ClNO2. The van der Waals surface area contributed by atoms with Crippen molar-refractivity contribution in [2.75, 3.05) is 7.11 Å². The SMILES string of the molecule is COC(=O)c1ccc(CN[C@@H](C)c2cccc(Cl)c2)cc1. The van der Waals surface area contributed by atoms with Crippen molar-refractivity contribution in [2.45, 2.75) is 19.5 Å². The lowest BCUT2D eigenvalue weighted by atomic mass is 10.1. The molecule has 21 heavy (non-hydrogen) atoms. The fourth-order valence-electron chi connectivity index (χ4n) is 2.04. The summed E-state index contributed by atoms with van der Waals surface area (Å²) < 4.78 is 4.68. The standard InChI is InChI=1S/C17H18ClNO2/c1-12(15-4-3-5-16(18)10-15)19-11-13-6-8-14(9-7-13)17(20)21-2/h3-10,12,19H,11H2,1-2H3/t12-/m0/s1. The first-order chi connectivity index (χ1) is 10.1. The van der Waals surface area contributed by atoms with Crippen LogP contribution < -0.4 is 5.32 Å². The molecule has 0 aliphatic carbocycles. The van der Waals surface area contributed by atoms with Gasteiger partial charge in [-0.15, -0.1) is 0 Å². The summed E-state index contributed by atoms with van der Waals surface area (Å²) in [7, 11) is 1.38. The van der Waals surface area contributed by atoms with Crippen molar-refractivity contribution in [1.29, 1.82) is 0 Å². The van der Waals surface area contributed by atoms with E-state index in [0.717, 1.165) is 22.7 Å². The second-order valence-electron chi connectivity index (χ2n) is 4.85. The van der Waals surface area contributed by atoms with E-state index in [1.165, 1.54) is 7.11 Å². The molecule has 2 aromatic carbocycles. The zero-order chi connectivity index (χ0) is 15.2. The van der Waals surface area contributed by atoms with Gasteiger partial charge in [-0.25, -0.2) is 4.79 Å². The van der Waals surface area contributed by atoms with E-state index in [1.54, 1.807) is 12.1 Å². The van der Waals surface area contributed by atoms with Crippen molar-refractivity contribution in [3.8, 4) is 0 Å². The van der Waals surface area contributed by atoms with Crippen LogP contribution in [0.25, 0.3) is 0 Å². The fraction of sp³-hybridized carbons (Fsp3) is 0.235. The Morgan fingerprint density at radius 2 is 1.95 bits per heavy atom. The minimum atomic E-state index is -0.318. The molecule has 2 aromatic rings. The number of esters is 1. The highest BCUT2D eigenvalue weighted by atomic mass is 35.5. The summed E-state index contributed by atoms with van der Waals surface area (Å²) in [4.78, 5) is 11.4. The van der Waals surface area contributed by atoms with E-state index in [1.807, 2.05) is 36.4 Å². The molecule has 3 nitrogen and oxygen atoms in total. The molecule has 0 bridgehead atoms. The van der Waals surface area contributed by atoms with E-state index in [0.29, 0.717) is 5.56 Å². The van der Waals surface area contributed by atoms with Crippen molar-refractivity contribution < 1.29 is 9.53 Å². The van der Waals surface area contributed by atoms with Gasteiger partial charge in [-0.05, 0) is 42.3 Å². The van der Waals surface area contributed by atoms with Gasteiger partial charge in [-0.1, -0.05) is 35.9 Å². The van der Waals surface area contributed by atoms with Crippen LogP contribution in [0.2, 0.25) is 5.02 Å². The zero-order valence-electron chi connectivity index (χ0n) is 12.1. The molecule has 2 rings (SSSR count). The summed E-state index contributed by atoms with van der Waals surface area (Å²) in [6.07, 6.45) is 0. The molecule has 1 N–H and O–H groups in total. The molecular weight excluding hydrogens is 286 g/mol. The zero-order valence-corrected chi connectivity index (χ0v) is 12.9. The van der Waals surface area contributed by atoms with Gasteiger partial charge >= 0.3 is 5.97 Å². The second kappa shape index (κ2) is 7.25. The van der Waals surface area contributed by atoms with E-state index in [4.69, 9.17) is 11.6 Å². The summed E-state index contributed by atoms with van der Waals surface area (Å²) in [6, 6.07) is 15.4. The number of benzene rings is 2. The molecule has 0 spiro atoms. The van der Waals surface area contributed by atoms with Crippen LogP contribution in [0.1, 0.15) is 34.5 Å². The van der Waals surface area contributed by atoms with Crippen LogP contribution in [-0.2, 0) is 11.3 Å².